The molecule has 5 heteroatoms. The first-order chi connectivity index (χ1) is 7.13. The third-order valence-electron chi connectivity index (χ3n) is 2.07. The van der Waals surface area contributed by atoms with E-state index in [1.807, 2.05) is 0 Å². The lowest BCUT2D eigenvalue weighted by Crippen LogP contribution is -2.14. The van der Waals surface area contributed by atoms with Gasteiger partial charge in [-0.15, -0.1) is 0 Å². The summed E-state index contributed by atoms with van der Waals surface area (Å²) in [6.45, 7) is -0.725. The van der Waals surface area contributed by atoms with E-state index in [1.54, 1.807) is 0 Å². The maximum absolute atomic E-state index is 12.5. The molecule has 1 aromatic rings. The lowest BCUT2D eigenvalue weighted by Gasteiger charge is -2.16. The van der Waals surface area contributed by atoms with E-state index in [4.69, 9.17) is 15.2 Å². The van der Waals surface area contributed by atoms with Gasteiger partial charge < -0.3 is 20.3 Å². The second-order valence-electron chi connectivity index (χ2n) is 3.02. The maximum Gasteiger partial charge on any atom is 0.131 e. The zero-order valence-electron chi connectivity index (χ0n) is 8.66. The van der Waals surface area contributed by atoms with Gasteiger partial charge in [0.15, 0.2) is 0 Å². The van der Waals surface area contributed by atoms with Crippen molar-refractivity contribution < 1.29 is 19.0 Å². The third kappa shape index (κ3) is 2.30. The quantitative estimate of drug-likeness (QED) is 0.796. The van der Waals surface area contributed by atoms with Crippen LogP contribution >= 0.6 is 0 Å². The second kappa shape index (κ2) is 4.84. The van der Waals surface area contributed by atoms with Gasteiger partial charge in [-0.2, -0.15) is 0 Å². The molecule has 0 amide bonds. The van der Waals surface area contributed by atoms with Gasteiger partial charge in [0.05, 0.1) is 25.8 Å². The van der Waals surface area contributed by atoms with Gasteiger partial charge >= 0.3 is 0 Å². The number of hydrogen-bond acceptors (Lipinski definition) is 4. The molecule has 0 aromatic heterocycles. The Morgan fingerprint density at radius 2 is 1.80 bits per heavy atom. The van der Waals surface area contributed by atoms with Gasteiger partial charge in [0.1, 0.15) is 23.9 Å². The third-order valence-corrected chi connectivity index (χ3v) is 2.07. The highest BCUT2D eigenvalue weighted by atomic mass is 19.1. The number of hydrogen-bond donors (Lipinski definition) is 2. The van der Waals surface area contributed by atoms with E-state index in [2.05, 4.69) is 0 Å². The fourth-order valence-corrected chi connectivity index (χ4v) is 1.37. The number of alkyl halides is 1. The molecule has 3 N–H and O–H groups in total. The summed E-state index contributed by atoms with van der Waals surface area (Å²) < 4.78 is 22.5. The molecule has 0 unspecified atom stereocenters. The second-order valence-corrected chi connectivity index (χ2v) is 3.02. The van der Waals surface area contributed by atoms with Gasteiger partial charge in [-0.1, -0.05) is 0 Å². The van der Waals surface area contributed by atoms with Crippen molar-refractivity contribution in [2.75, 3.05) is 20.9 Å². The molecule has 4 nitrogen and oxygen atoms in total. The Labute approximate surface area is 87.4 Å². The van der Waals surface area contributed by atoms with Crippen LogP contribution < -0.4 is 15.2 Å². The number of nitrogens with two attached hydrogens (primary N) is 1. The van der Waals surface area contributed by atoms with Gasteiger partial charge in [-0.25, -0.2) is 4.39 Å². The van der Waals surface area contributed by atoms with Crippen molar-refractivity contribution in [2.45, 2.75) is 6.04 Å². The number of phenols is 1. The minimum atomic E-state index is -0.824. The predicted molar refractivity (Wildman–Crippen MR) is 54.1 cm³/mol. The minimum absolute atomic E-state index is 0.0153. The van der Waals surface area contributed by atoms with Gasteiger partial charge in [-0.05, 0) is 0 Å². The number of halogens is 1. The highest BCUT2D eigenvalue weighted by Crippen LogP contribution is 2.37. The number of rotatable bonds is 4. The van der Waals surface area contributed by atoms with Crippen LogP contribution in [0.1, 0.15) is 11.6 Å². The summed E-state index contributed by atoms with van der Waals surface area (Å²) >= 11 is 0. The summed E-state index contributed by atoms with van der Waals surface area (Å²) in [6, 6.07) is 1.91. The monoisotopic (exact) mass is 215 g/mol. The summed E-state index contributed by atoms with van der Waals surface area (Å²) in [7, 11) is 2.84. The smallest absolute Gasteiger partial charge is 0.131 e. The Morgan fingerprint density at radius 3 is 2.13 bits per heavy atom. The largest absolute Gasteiger partial charge is 0.508 e. The highest BCUT2D eigenvalue weighted by Gasteiger charge is 2.18. The molecule has 15 heavy (non-hydrogen) atoms. The van der Waals surface area contributed by atoms with E-state index in [9.17, 15) is 9.50 Å². The van der Waals surface area contributed by atoms with E-state index in [-0.39, 0.29) is 5.75 Å². The molecule has 0 aliphatic carbocycles. The van der Waals surface area contributed by atoms with Crippen LogP contribution in [0.25, 0.3) is 0 Å². The summed E-state index contributed by atoms with van der Waals surface area (Å²) in [5, 5.41) is 9.34. The molecule has 0 radical (unpaired) electrons. The predicted octanol–water partition coefficient (Wildman–Crippen LogP) is 1.38. The highest BCUT2D eigenvalue weighted by molar-refractivity contribution is 5.51. The van der Waals surface area contributed by atoms with Crippen LogP contribution in [0, 0.1) is 0 Å². The molecule has 0 saturated heterocycles. The van der Waals surface area contributed by atoms with E-state index < -0.39 is 12.7 Å². The first-order valence-electron chi connectivity index (χ1n) is 4.40. The molecular formula is C10H14FNO3. The van der Waals surface area contributed by atoms with Crippen molar-refractivity contribution >= 4 is 0 Å². The molecule has 0 heterocycles. The summed E-state index contributed by atoms with van der Waals surface area (Å²) in [5.74, 6) is 0.618. The normalized spacial score (nSPS) is 12.3. The van der Waals surface area contributed by atoms with E-state index in [1.165, 1.54) is 26.4 Å². The van der Waals surface area contributed by atoms with Crippen LogP contribution in [-0.2, 0) is 0 Å². The molecule has 0 aliphatic rings. The van der Waals surface area contributed by atoms with E-state index in [0.717, 1.165) is 0 Å². The summed E-state index contributed by atoms with van der Waals surface area (Å²) in [6.07, 6.45) is 0. The van der Waals surface area contributed by atoms with Crippen molar-refractivity contribution in [3.8, 4) is 17.2 Å². The molecule has 0 bridgehead atoms. The number of methoxy groups -OCH3 is 2. The van der Waals surface area contributed by atoms with Crippen molar-refractivity contribution in [2.24, 2.45) is 5.73 Å². The van der Waals surface area contributed by atoms with Gasteiger partial charge in [0, 0.05) is 12.1 Å². The van der Waals surface area contributed by atoms with Gasteiger partial charge in [0.2, 0.25) is 0 Å². The molecule has 1 rings (SSSR count). The lowest BCUT2D eigenvalue weighted by molar-refractivity contribution is 0.356. The summed E-state index contributed by atoms with van der Waals surface area (Å²) in [4.78, 5) is 0. The van der Waals surface area contributed by atoms with E-state index >= 15 is 0 Å². The SMILES string of the molecule is COc1cc(O)cc(OC)c1[C@@H](N)CF. The first-order valence-corrected chi connectivity index (χ1v) is 4.40. The van der Waals surface area contributed by atoms with Crippen LogP contribution in [0.15, 0.2) is 12.1 Å². The Morgan fingerprint density at radius 1 is 1.33 bits per heavy atom. The Hall–Kier alpha value is -1.49. The average molecular weight is 215 g/mol. The Bertz CT molecular complexity index is 318. The fourth-order valence-electron chi connectivity index (χ4n) is 1.37. The van der Waals surface area contributed by atoms with Crippen LogP contribution in [0.4, 0.5) is 4.39 Å². The Balaban J connectivity index is 3.30. The molecule has 0 saturated carbocycles. The minimum Gasteiger partial charge on any atom is -0.508 e. The zero-order chi connectivity index (χ0) is 11.4. The van der Waals surface area contributed by atoms with Gasteiger partial charge in [0.25, 0.3) is 0 Å². The van der Waals surface area contributed by atoms with Crippen LogP contribution in [0.2, 0.25) is 0 Å². The van der Waals surface area contributed by atoms with Crippen LogP contribution in [-0.4, -0.2) is 26.0 Å². The number of phenolic OH excluding ortho intramolecular Hbond substituents is 1. The van der Waals surface area contributed by atoms with Crippen molar-refractivity contribution in [3.05, 3.63) is 17.7 Å². The molecule has 1 aromatic carbocycles. The van der Waals surface area contributed by atoms with Crippen LogP contribution in [0.5, 0.6) is 17.2 Å². The number of benzene rings is 1. The zero-order valence-corrected chi connectivity index (χ0v) is 8.66. The van der Waals surface area contributed by atoms with Crippen molar-refractivity contribution in [1.29, 1.82) is 0 Å². The number of ether oxygens (including phenoxy) is 2. The Kier molecular flexibility index (Phi) is 3.74. The van der Waals surface area contributed by atoms with Gasteiger partial charge in [-0.3, -0.25) is 0 Å². The average Bonchev–Trinajstić information content (AvgIpc) is 2.26. The molecule has 0 fully saturated rings. The number of aromatic hydroxyl groups is 1. The lowest BCUT2D eigenvalue weighted by atomic mass is 10.1. The van der Waals surface area contributed by atoms with Crippen molar-refractivity contribution in [3.63, 3.8) is 0 Å². The first kappa shape index (κ1) is 11.6. The van der Waals surface area contributed by atoms with Crippen LogP contribution in [0.3, 0.4) is 0 Å². The molecule has 84 valence electrons. The molecule has 0 aliphatic heterocycles. The standard InChI is InChI=1S/C10H14FNO3/c1-14-8-3-6(13)4-9(15-2)10(8)7(12)5-11/h3-4,7,13H,5,12H2,1-2H3/t7-/m0/s1. The van der Waals surface area contributed by atoms with Crippen molar-refractivity contribution in [1.82, 2.24) is 0 Å². The molecule has 1 atom stereocenters. The van der Waals surface area contributed by atoms with E-state index in [0.29, 0.717) is 17.1 Å². The maximum atomic E-state index is 12.5. The fraction of sp³-hybridized carbons (Fsp3) is 0.400. The molecule has 0 spiro atoms. The topological polar surface area (TPSA) is 64.7 Å². The molecular weight excluding hydrogens is 201 g/mol. The summed E-state index contributed by atoms with van der Waals surface area (Å²) in [5.41, 5.74) is 6.00.